The summed E-state index contributed by atoms with van der Waals surface area (Å²) in [5.74, 6) is -0.510. The van der Waals surface area contributed by atoms with Crippen molar-refractivity contribution in [2.24, 2.45) is 0 Å². The van der Waals surface area contributed by atoms with Crippen molar-refractivity contribution in [1.82, 2.24) is 4.90 Å². The molecule has 0 unspecified atom stereocenters. The van der Waals surface area contributed by atoms with Crippen molar-refractivity contribution in [1.29, 1.82) is 0 Å². The zero-order chi connectivity index (χ0) is 13.9. The fraction of sp³-hybridized carbons (Fsp3) is 0.500. The molecule has 1 aromatic heterocycles. The van der Waals surface area contributed by atoms with E-state index in [0.717, 1.165) is 4.21 Å². The van der Waals surface area contributed by atoms with Gasteiger partial charge in [0.15, 0.2) is 0 Å². The zero-order valence-electron chi connectivity index (χ0n) is 10.5. The van der Waals surface area contributed by atoms with E-state index in [1.54, 1.807) is 16.2 Å². The van der Waals surface area contributed by atoms with E-state index in [9.17, 15) is 9.59 Å². The lowest BCUT2D eigenvalue weighted by Gasteiger charge is -2.47. The Bertz CT molecular complexity index is 454. The maximum absolute atomic E-state index is 11.9. The van der Waals surface area contributed by atoms with Gasteiger partial charge in [0.2, 0.25) is 5.91 Å². The standard InChI is InChI=1S/C12H15NO4S2/c1-12(17-5-10(15)16)7-13(8-12)9(14)6-19-11-3-2-4-18-11/h2-4H,5-8H2,1H3,(H,15,16). The fourth-order valence-corrected chi connectivity index (χ4v) is 3.52. The van der Waals surface area contributed by atoms with Crippen LogP contribution in [0.4, 0.5) is 0 Å². The van der Waals surface area contributed by atoms with Gasteiger partial charge >= 0.3 is 5.97 Å². The van der Waals surface area contributed by atoms with Gasteiger partial charge in [-0.15, -0.1) is 23.1 Å². The van der Waals surface area contributed by atoms with Crippen LogP contribution >= 0.6 is 23.1 Å². The topological polar surface area (TPSA) is 66.8 Å². The second kappa shape index (κ2) is 5.94. The van der Waals surface area contributed by atoms with E-state index in [2.05, 4.69) is 0 Å². The number of nitrogens with zero attached hydrogens (tertiary/aromatic N) is 1. The lowest BCUT2D eigenvalue weighted by molar-refractivity contribution is -0.171. The molecule has 5 nitrogen and oxygen atoms in total. The number of carboxylic acid groups (broad SMARTS) is 1. The van der Waals surface area contributed by atoms with Crippen molar-refractivity contribution in [2.45, 2.75) is 16.7 Å². The predicted molar refractivity (Wildman–Crippen MR) is 73.6 cm³/mol. The van der Waals surface area contributed by atoms with Crippen LogP contribution in [0.15, 0.2) is 21.7 Å². The largest absolute Gasteiger partial charge is 0.480 e. The number of carbonyl (C=O) groups is 2. The van der Waals surface area contributed by atoms with E-state index in [0.29, 0.717) is 18.8 Å². The summed E-state index contributed by atoms with van der Waals surface area (Å²) in [6.45, 7) is 2.43. The lowest BCUT2D eigenvalue weighted by atomic mass is 9.96. The molecule has 1 aliphatic rings. The number of thiophene rings is 1. The van der Waals surface area contributed by atoms with Gasteiger partial charge in [-0.2, -0.15) is 0 Å². The summed E-state index contributed by atoms with van der Waals surface area (Å²) in [6.07, 6.45) is 0. The van der Waals surface area contributed by atoms with E-state index >= 15 is 0 Å². The predicted octanol–water partition coefficient (Wildman–Crippen LogP) is 1.54. The minimum atomic E-state index is -0.987. The van der Waals surface area contributed by atoms with Crippen molar-refractivity contribution in [3.63, 3.8) is 0 Å². The first-order valence-corrected chi connectivity index (χ1v) is 7.65. The summed E-state index contributed by atoms with van der Waals surface area (Å²) >= 11 is 3.14. The third-order valence-electron chi connectivity index (χ3n) is 2.78. The number of thioether (sulfide) groups is 1. The molecular formula is C12H15NO4S2. The van der Waals surface area contributed by atoms with Gasteiger partial charge in [-0.25, -0.2) is 4.79 Å². The quantitative estimate of drug-likeness (QED) is 0.807. The highest BCUT2D eigenvalue weighted by molar-refractivity contribution is 8.01. The first-order valence-electron chi connectivity index (χ1n) is 5.78. The molecule has 2 heterocycles. The molecule has 0 aromatic carbocycles. The summed E-state index contributed by atoms with van der Waals surface area (Å²) in [4.78, 5) is 24.0. The number of rotatable bonds is 6. The SMILES string of the molecule is CC1(OCC(=O)O)CN(C(=O)CSc2cccs2)C1. The Kier molecular flexibility index (Phi) is 4.49. The number of amides is 1. The van der Waals surface area contributed by atoms with Crippen molar-refractivity contribution in [3.05, 3.63) is 17.5 Å². The molecule has 1 aliphatic heterocycles. The van der Waals surface area contributed by atoms with Crippen LogP contribution in [0.5, 0.6) is 0 Å². The van der Waals surface area contributed by atoms with Gasteiger partial charge in [0, 0.05) is 0 Å². The Hall–Kier alpha value is -1.05. The first kappa shape index (κ1) is 14.4. The van der Waals surface area contributed by atoms with Gasteiger partial charge in [-0.1, -0.05) is 6.07 Å². The zero-order valence-corrected chi connectivity index (χ0v) is 12.1. The van der Waals surface area contributed by atoms with Crippen LogP contribution in [-0.2, 0) is 14.3 Å². The van der Waals surface area contributed by atoms with Crippen LogP contribution in [0.1, 0.15) is 6.92 Å². The number of aliphatic carboxylic acids is 1. The van der Waals surface area contributed by atoms with Crippen molar-refractivity contribution in [2.75, 3.05) is 25.4 Å². The van der Waals surface area contributed by atoms with E-state index in [-0.39, 0.29) is 12.5 Å². The highest BCUT2D eigenvalue weighted by Crippen LogP contribution is 2.28. The monoisotopic (exact) mass is 301 g/mol. The van der Waals surface area contributed by atoms with Gasteiger partial charge < -0.3 is 14.7 Å². The summed E-state index contributed by atoms with van der Waals surface area (Å²) < 4.78 is 6.38. The third-order valence-corrected chi connectivity index (χ3v) is 4.90. The first-order chi connectivity index (χ1) is 8.98. The summed E-state index contributed by atoms with van der Waals surface area (Å²) in [6, 6.07) is 3.94. The molecule has 104 valence electrons. The molecule has 0 spiro atoms. The van der Waals surface area contributed by atoms with E-state index in [1.165, 1.54) is 11.8 Å². The summed E-state index contributed by atoms with van der Waals surface area (Å²) in [5, 5.41) is 10.5. The van der Waals surface area contributed by atoms with E-state index < -0.39 is 11.6 Å². The number of likely N-dealkylation sites (tertiary alicyclic amines) is 1. The minimum Gasteiger partial charge on any atom is -0.480 e. The Morgan fingerprint density at radius 2 is 2.32 bits per heavy atom. The maximum atomic E-state index is 11.9. The highest BCUT2D eigenvalue weighted by atomic mass is 32.2. The molecule has 0 atom stereocenters. The molecule has 0 aliphatic carbocycles. The summed E-state index contributed by atoms with van der Waals surface area (Å²) in [7, 11) is 0. The molecule has 1 N–H and O–H groups in total. The molecule has 0 radical (unpaired) electrons. The molecule has 0 saturated carbocycles. The molecule has 1 saturated heterocycles. The molecule has 1 aromatic rings. The van der Waals surface area contributed by atoms with Crippen LogP contribution in [-0.4, -0.2) is 52.9 Å². The third kappa shape index (κ3) is 3.95. The smallest absolute Gasteiger partial charge is 0.329 e. The van der Waals surface area contributed by atoms with Gasteiger partial charge in [0.25, 0.3) is 0 Å². The number of hydrogen-bond donors (Lipinski definition) is 1. The van der Waals surface area contributed by atoms with Crippen LogP contribution in [0.25, 0.3) is 0 Å². The normalized spacial score (nSPS) is 17.0. The van der Waals surface area contributed by atoms with Gasteiger partial charge in [-0.05, 0) is 18.4 Å². The second-order valence-corrected chi connectivity index (χ2v) is 6.83. The minimum absolute atomic E-state index is 0.0646. The molecular weight excluding hydrogens is 286 g/mol. The molecule has 0 bridgehead atoms. The summed E-state index contributed by atoms with van der Waals surface area (Å²) in [5.41, 5.74) is -0.512. The van der Waals surface area contributed by atoms with Crippen LogP contribution < -0.4 is 0 Å². The van der Waals surface area contributed by atoms with Crippen LogP contribution in [0.3, 0.4) is 0 Å². The molecule has 19 heavy (non-hydrogen) atoms. The molecule has 1 amide bonds. The van der Waals surface area contributed by atoms with E-state index in [1.807, 2.05) is 24.4 Å². The maximum Gasteiger partial charge on any atom is 0.329 e. The number of carboxylic acids is 1. The lowest BCUT2D eigenvalue weighted by Crippen LogP contribution is -2.63. The Balaban J connectivity index is 1.70. The number of carbonyl (C=O) groups excluding carboxylic acids is 1. The molecule has 1 fully saturated rings. The fourth-order valence-electron chi connectivity index (χ4n) is 1.83. The van der Waals surface area contributed by atoms with Gasteiger partial charge in [-0.3, -0.25) is 4.79 Å². The van der Waals surface area contributed by atoms with Gasteiger partial charge in [0.05, 0.1) is 23.1 Å². The molecule has 7 heteroatoms. The average Bonchev–Trinajstić information content (AvgIpc) is 2.83. The van der Waals surface area contributed by atoms with Crippen molar-refractivity contribution in [3.8, 4) is 0 Å². The number of ether oxygens (including phenoxy) is 1. The number of hydrogen-bond acceptors (Lipinski definition) is 5. The van der Waals surface area contributed by atoms with Gasteiger partial charge in [0.1, 0.15) is 12.2 Å². The van der Waals surface area contributed by atoms with Crippen molar-refractivity contribution < 1.29 is 19.4 Å². The van der Waals surface area contributed by atoms with Crippen molar-refractivity contribution >= 4 is 35.0 Å². The van der Waals surface area contributed by atoms with E-state index in [4.69, 9.17) is 9.84 Å². The average molecular weight is 301 g/mol. The highest BCUT2D eigenvalue weighted by Gasteiger charge is 2.42. The Labute approximate surface area is 119 Å². The Morgan fingerprint density at radius 1 is 1.58 bits per heavy atom. The Morgan fingerprint density at radius 3 is 2.89 bits per heavy atom. The second-order valence-electron chi connectivity index (χ2n) is 4.60. The van der Waals surface area contributed by atoms with Crippen LogP contribution in [0, 0.1) is 0 Å². The van der Waals surface area contributed by atoms with Crippen LogP contribution in [0.2, 0.25) is 0 Å². The molecule has 2 rings (SSSR count).